The van der Waals surface area contributed by atoms with Crippen molar-refractivity contribution in [2.24, 2.45) is 0 Å². The lowest BCUT2D eigenvalue weighted by atomic mass is 9.99. The van der Waals surface area contributed by atoms with E-state index in [1.807, 2.05) is 0 Å². The van der Waals surface area contributed by atoms with Crippen molar-refractivity contribution in [3.05, 3.63) is 39.1 Å². The van der Waals surface area contributed by atoms with Crippen LogP contribution in [0, 0.1) is 10.2 Å². The maximum absolute atomic E-state index is 12.9. The fourth-order valence-electron chi connectivity index (χ4n) is 4.23. The number of hydrogen-bond acceptors (Lipinski definition) is 6. The van der Waals surface area contributed by atoms with E-state index in [-0.39, 0.29) is 10.8 Å². The van der Waals surface area contributed by atoms with Gasteiger partial charge in [0.1, 0.15) is 4.91 Å². The average Bonchev–Trinajstić information content (AvgIpc) is 3.31. The second kappa shape index (κ2) is 7.46. The van der Waals surface area contributed by atoms with Crippen LogP contribution < -0.4 is 15.4 Å². The highest BCUT2D eigenvalue weighted by molar-refractivity contribution is 7.95. The molecule has 0 radical (unpaired) electrons. The molecule has 0 saturated carbocycles. The third kappa shape index (κ3) is 3.46. The lowest BCUT2D eigenvalue weighted by Crippen LogP contribution is -2.37. The van der Waals surface area contributed by atoms with Gasteiger partial charge in [-0.2, -0.15) is 0 Å². The molecule has 0 aromatic heterocycles. The van der Waals surface area contributed by atoms with E-state index in [4.69, 9.17) is 14.9 Å². The van der Waals surface area contributed by atoms with E-state index in [1.165, 1.54) is 11.1 Å². The molecule has 0 bridgehead atoms. The van der Waals surface area contributed by atoms with Gasteiger partial charge in [0.25, 0.3) is 0 Å². The molecule has 8 nitrogen and oxygen atoms in total. The Balaban J connectivity index is 1.58. The first-order valence-electron chi connectivity index (χ1n) is 9.65. The average molecular weight is 404 g/mol. The third-order valence-electron chi connectivity index (χ3n) is 5.47. The minimum absolute atomic E-state index is 0.128. The summed E-state index contributed by atoms with van der Waals surface area (Å²) in [6.45, 7) is 1.03. The molecule has 1 heterocycles. The number of benzene rings is 1. The van der Waals surface area contributed by atoms with E-state index in [0.29, 0.717) is 13.2 Å². The van der Waals surface area contributed by atoms with Crippen LogP contribution in [0.3, 0.4) is 0 Å². The van der Waals surface area contributed by atoms with Gasteiger partial charge >= 0.3 is 6.03 Å². The van der Waals surface area contributed by atoms with Crippen LogP contribution in [0.5, 0.6) is 0 Å². The van der Waals surface area contributed by atoms with Crippen LogP contribution in [0.4, 0.5) is 10.5 Å². The molecule has 150 valence electrons. The summed E-state index contributed by atoms with van der Waals surface area (Å²) < 4.78 is 28.6. The van der Waals surface area contributed by atoms with E-state index < -0.39 is 15.9 Å². The lowest BCUT2D eigenvalue weighted by molar-refractivity contribution is 0.157. The summed E-state index contributed by atoms with van der Waals surface area (Å²) in [5.74, 6) is 0.128. The zero-order valence-corrected chi connectivity index (χ0v) is 16.5. The van der Waals surface area contributed by atoms with Crippen LogP contribution in [0.1, 0.15) is 41.5 Å². The van der Waals surface area contributed by atoms with Crippen LogP contribution >= 0.6 is 0 Å². The number of hydrogen-bond donors (Lipinski definition) is 5. The molecular weight excluding hydrogens is 378 g/mol. The van der Waals surface area contributed by atoms with Gasteiger partial charge in [-0.3, -0.25) is 0 Å². The molecule has 2 amide bonds. The first-order chi connectivity index (χ1) is 13.5. The van der Waals surface area contributed by atoms with Crippen LogP contribution in [0.15, 0.2) is 16.9 Å². The molecular formula is C19H25N5O3S. The van der Waals surface area contributed by atoms with Crippen molar-refractivity contribution < 1.29 is 13.7 Å². The predicted molar refractivity (Wildman–Crippen MR) is 108 cm³/mol. The second-order valence-corrected chi connectivity index (χ2v) is 9.07. The van der Waals surface area contributed by atoms with Crippen LogP contribution in [0.2, 0.25) is 0 Å². The van der Waals surface area contributed by atoms with E-state index in [9.17, 15) is 9.00 Å². The molecule has 1 aromatic carbocycles. The van der Waals surface area contributed by atoms with Crippen molar-refractivity contribution in [1.29, 1.82) is 10.2 Å². The molecule has 1 fully saturated rings. The number of allylic oxidation sites excluding steroid dienone is 1. The lowest BCUT2D eigenvalue weighted by Gasteiger charge is -2.22. The number of carbonyl (C=O) groups excluding carboxylic acids is 1. The highest BCUT2D eigenvalue weighted by Gasteiger charge is 2.27. The van der Waals surface area contributed by atoms with Gasteiger partial charge in [0.2, 0.25) is 5.88 Å². The summed E-state index contributed by atoms with van der Waals surface area (Å²) in [5, 5.41) is 13.3. The van der Waals surface area contributed by atoms with Gasteiger partial charge in [-0.25, -0.2) is 18.5 Å². The summed E-state index contributed by atoms with van der Waals surface area (Å²) in [4.78, 5) is 12.5. The molecule has 1 aromatic rings. The van der Waals surface area contributed by atoms with E-state index in [2.05, 4.69) is 21.4 Å². The SMILES string of the molecule is N=C/C(=C1\NCCCO1)[S@@](=N)(=O)NC(=O)Nc1c2c(cc3c1CCC3)CCC2. The number of rotatable bonds is 4. The molecule has 2 aliphatic carbocycles. The van der Waals surface area contributed by atoms with E-state index in [0.717, 1.165) is 68.0 Å². The maximum Gasteiger partial charge on any atom is 0.331 e. The molecule has 0 unspecified atom stereocenters. The van der Waals surface area contributed by atoms with Crippen LogP contribution in [-0.2, 0) is 40.3 Å². The fraction of sp³-hybridized carbons (Fsp3) is 0.474. The molecule has 3 aliphatic rings. The maximum atomic E-state index is 12.9. The predicted octanol–water partition coefficient (Wildman–Crippen LogP) is 2.58. The van der Waals surface area contributed by atoms with Crippen molar-refractivity contribution in [2.75, 3.05) is 18.5 Å². The Hall–Kier alpha value is -2.55. The zero-order chi connectivity index (χ0) is 19.7. The summed E-state index contributed by atoms with van der Waals surface area (Å²) in [6, 6.07) is 1.58. The monoisotopic (exact) mass is 403 g/mol. The Kier molecular flexibility index (Phi) is 5.01. The Morgan fingerprint density at radius 3 is 2.39 bits per heavy atom. The number of nitrogens with one attached hydrogen (secondary N) is 5. The third-order valence-corrected chi connectivity index (χ3v) is 6.86. The first kappa shape index (κ1) is 18.8. The Morgan fingerprint density at radius 2 is 1.82 bits per heavy atom. The summed E-state index contributed by atoms with van der Waals surface area (Å²) in [6.07, 6.45) is 7.59. The standard InChI is InChI=1S/C19H25N5O3S/c20-11-16(18-22-8-3-9-27-18)28(21,26)24-19(25)23-17-14-6-1-4-12(14)10-13-5-2-7-15(13)17/h10-11,20,22H,1-9H2,(H3,21,23,24,25,26)/b18-16-,20-11?/t28-/m0/s1. The molecule has 4 rings (SSSR count). The Morgan fingerprint density at radius 1 is 1.14 bits per heavy atom. The summed E-state index contributed by atoms with van der Waals surface area (Å²) >= 11 is 0. The van der Waals surface area contributed by atoms with Crippen molar-refractivity contribution in [3.63, 3.8) is 0 Å². The summed E-state index contributed by atoms with van der Waals surface area (Å²) in [7, 11) is -3.73. The van der Waals surface area contributed by atoms with Gasteiger partial charge in [-0.1, -0.05) is 6.07 Å². The van der Waals surface area contributed by atoms with Crippen LogP contribution in [-0.4, -0.2) is 29.6 Å². The number of fused-ring (bicyclic) bond motifs is 2. The number of aryl methyl sites for hydroxylation is 2. The topological polar surface area (TPSA) is 127 Å². The smallest absolute Gasteiger partial charge is 0.331 e. The minimum Gasteiger partial charge on any atom is -0.478 e. The van der Waals surface area contributed by atoms with Crippen molar-refractivity contribution >= 4 is 27.8 Å². The van der Waals surface area contributed by atoms with Gasteiger partial charge in [-0.05, 0) is 67.2 Å². The number of anilines is 1. The van der Waals surface area contributed by atoms with Gasteiger partial charge in [0.15, 0.2) is 9.92 Å². The largest absolute Gasteiger partial charge is 0.478 e. The Labute approximate surface area is 164 Å². The second-order valence-electron chi connectivity index (χ2n) is 7.31. The van der Waals surface area contributed by atoms with Crippen molar-refractivity contribution in [1.82, 2.24) is 10.0 Å². The van der Waals surface area contributed by atoms with E-state index >= 15 is 0 Å². The van der Waals surface area contributed by atoms with Crippen molar-refractivity contribution in [2.45, 2.75) is 44.9 Å². The molecule has 1 atom stereocenters. The molecule has 9 heteroatoms. The Bertz CT molecular complexity index is 928. The van der Waals surface area contributed by atoms with Crippen molar-refractivity contribution in [3.8, 4) is 0 Å². The van der Waals surface area contributed by atoms with Gasteiger partial charge in [0, 0.05) is 18.4 Å². The zero-order valence-electron chi connectivity index (χ0n) is 15.7. The molecule has 28 heavy (non-hydrogen) atoms. The summed E-state index contributed by atoms with van der Waals surface area (Å²) in [5.41, 5.74) is 5.71. The van der Waals surface area contributed by atoms with Gasteiger partial charge in [-0.15, -0.1) is 0 Å². The highest BCUT2D eigenvalue weighted by Crippen LogP contribution is 2.38. The normalized spacial score (nSPS) is 21.4. The number of ether oxygens (including phenoxy) is 1. The van der Waals surface area contributed by atoms with Crippen LogP contribution in [0.25, 0.3) is 0 Å². The number of amides is 2. The number of carbonyl (C=O) groups is 1. The first-order valence-corrected chi connectivity index (χ1v) is 11.2. The number of urea groups is 1. The van der Waals surface area contributed by atoms with Gasteiger partial charge in [0.05, 0.1) is 6.61 Å². The highest BCUT2D eigenvalue weighted by atomic mass is 32.2. The fourth-order valence-corrected chi connectivity index (χ4v) is 5.21. The van der Waals surface area contributed by atoms with E-state index in [1.54, 1.807) is 0 Å². The van der Waals surface area contributed by atoms with Gasteiger partial charge < -0.3 is 20.8 Å². The molecule has 1 saturated heterocycles. The quantitative estimate of drug-likeness (QED) is 0.495. The minimum atomic E-state index is -3.73. The molecule has 0 spiro atoms. The molecule has 1 aliphatic heterocycles. The molecule has 5 N–H and O–H groups in total.